The third-order valence-electron chi connectivity index (χ3n) is 2.62. The molecule has 1 atom stereocenters. The highest BCUT2D eigenvalue weighted by Crippen LogP contribution is 2.18. The Morgan fingerprint density at radius 1 is 1.20 bits per heavy atom. The van der Waals surface area contributed by atoms with Crippen molar-refractivity contribution in [1.82, 2.24) is 0 Å². The lowest BCUT2D eigenvalue weighted by Gasteiger charge is -2.15. The molecule has 0 saturated carbocycles. The molecule has 0 aliphatic heterocycles. The third-order valence-corrected chi connectivity index (χ3v) is 3.15. The zero-order valence-corrected chi connectivity index (χ0v) is 12.4. The van der Waals surface area contributed by atoms with Gasteiger partial charge < -0.3 is 10.1 Å². The van der Waals surface area contributed by atoms with Crippen molar-refractivity contribution >= 4 is 27.5 Å². The molecule has 5 heteroatoms. The summed E-state index contributed by atoms with van der Waals surface area (Å²) >= 11 is 3.31. The predicted molar refractivity (Wildman–Crippen MR) is 79.3 cm³/mol. The number of hydrogen-bond donors (Lipinski definition) is 1. The lowest BCUT2D eigenvalue weighted by Crippen LogP contribution is -2.30. The molecule has 0 aliphatic rings. The number of halogens is 2. The van der Waals surface area contributed by atoms with Crippen LogP contribution in [-0.2, 0) is 4.79 Å². The number of rotatable bonds is 4. The summed E-state index contributed by atoms with van der Waals surface area (Å²) in [6.45, 7) is 1.57. The minimum absolute atomic E-state index is 0.0611. The summed E-state index contributed by atoms with van der Waals surface area (Å²) in [4.78, 5) is 11.9. The first-order valence-corrected chi connectivity index (χ1v) is 6.83. The van der Waals surface area contributed by atoms with Crippen molar-refractivity contribution < 1.29 is 13.9 Å². The topological polar surface area (TPSA) is 38.3 Å². The van der Waals surface area contributed by atoms with Crippen LogP contribution in [0.4, 0.5) is 10.1 Å². The highest BCUT2D eigenvalue weighted by Gasteiger charge is 2.16. The number of benzene rings is 2. The zero-order chi connectivity index (χ0) is 14.5. The first kappa shape index (κ1) is 14.5. The maximum Gasteiger partial charge on any atom is 0.265 e. The Labute approximate surface area is 124 Å². The van der Waals surface area contributed by atoms with Crippen LogP contribution < -0.4 is 10.1 Å². The molecule has 0 spiro atoms. The number of ether oxygens (including phenoxy) is 1. The van der Waals surface area contributed by atoms with E-state index in [-0.39, 0.29) is 11.7 Å². The van der Waals surface area contributed by atoms with Crippen molar-refractivity contribution in [2.75, 3.05) is 5.32 Å². The van der Waals surface area contributed by atoms with E-state index >= 15 is 0 Å². The molecule has 1 N–H and O–H groups in total. The number of para-hydroxylation sites is 1. The van der Waals surface area contributed by atoms with Gasteiger partial charge in [-0.2, -0.15) is 0 Å². The maximum atomic E-state index is 13.4. The predicted octanol–water partition coefficient (Wildman–Crippen LogP) is 3.99. The molecule has 20 heavy (non-hydrogen) atoms. The summed E-state index contributed by atoms with van der Waals surface area (Å²) in [6, 6.07) is 13.1. The molecule has 0 fully saturated rings. The van der Waals surface area contributed by atoms with Gasteiger partial charge >= 0.3 is 0 Å². The highest BCUT2D eigenvalue weighted by molar-refractivity contribution is 9.10. The van der Waals surface area contributed by atoms with Crippen molar-refractivity contribution in [2.45, 2.75) is 13.0 Å². The summed E-state index contributed by atoms with van der Waals surface area (Å²) in [5.41, 5.74) is 0.655. The Kier molecular flexibility index (Phi) is 4.74. The average molecular weight is 338 g/mol. The van der Waals surface area contributed by atoms with Crippen LogP contribution in [-0.4, -0.2) is 12.0 Å². The van der Waals surface area contributed by atoms with E-state index in [0.29, 0.717) is 5.69 Å². The summed E-state index contributed by atoms with van der Waals surface area (Å²) in [5, 5.41) is 2.70. The Morgan fingerprint density at radius 3 is 2.50 bits per heavy atom. The second kappa shape index (κ2) is 6.52. The Morgan fingerprint density at radius 2 is 1.85 bits per heavy atom. The molecule has 1 amide bonds. The minimum Gasteiger partial charge on any atom is -0.478 e. The van der Waals surface area contributed by atoms with E-state index in [2.05, 4.69) is 21.2 Å². The van der Waals surface area contributed by atoms with Crippen molar-refractivity contribution in [2.24, 2.45) is 0 Å². The molecule has 2 aromatic carbocycles. The molecule has 0 aromatic heterocycles. The fourth-order valence-electron chi connectivity index (χ4n) is 1.56. The van der Waals surface area contributed by atoms with E-state index in [1.807, 2.05) is 12.1 Å². The largest absolute Gasteiger partial charge is 0.478 e. The Hall–Kier alpha value is -1.88. The van der Waals surface area contributed by atoms with Gasteiger partial charge in [-0.1, -0.05) is 28.1 Å². The van der Waals surface area contributed by atoms with Gasteiger partial charge in [-0.15, -0.1) is 0 Å². The third kappa shape index (κ3) is 3.81. The lowest BCUT2D eigenvalue weighted by molar-refractivity contribution is -0.122. The van der Waals surface area contributed by atoms with Gasteiger partial charge in [0.25, 0.3) is 5.91 Å². The standard InChI is InChI=1S/C15H13BrFNO2/c1-10(20-14-5-3-2-4-13(14)17)15(19)18-12-8-6-11(16)7-9-12/h2-10H,1H3,(H,18,19)/t10-/m0/s1. The fourth-order valence-corrected chi connectivity index (χ4v) is 1.83. The first-order chi connectivity index (χ1) is 9.56. The molecule has 2 aromatic rings. The van der Waals surface area contributed by atoms with Gasteiger partial charge in [-0.25, -0.2) is 4.39 Å². The Balaban J connectivity index is 1.99. The second-order valence-corrected chi connectivity index (χ2v) is 5.10. The SMILES string of the molecule is C[C@H](Oc1ccccc1F)C(=O)Nc1ccc(Br)cc1. The van der Waals surface area contributed by atoms with Crippen LogP contribution in [0.25, 0.3) is 0 Å². The van der Waals surface area contributed by atoms with E-state index in [9.17, 15) is 9.18 Å². The molecular weight excluding hydrogens is 325 g/mol. The molecular formula is C15H13BrFNO2. The van der Waals surface area contributed by atoms with Crippen molar-refractivity contribution in [3.8, 4) is 5.75 Å². The smallest absolute Gasteiger partial charge is 0.265 e. The summed E-state index contributed by atoms with van der Waals surface area (Å²) in [7, 11) is 0. The molecule has 0 radical (unpaired) electrons. The Bertz CT molecular complexity index is 601. The van der Waals surface area contributed by atoms with Crippen molar-refractivity contribution in [3.63, 3.8) is 0 Å². The molecule has 0 saturated heterocycles. The van der Waals surface area contributed by atoms with Crippen molar-refractivity contribution in [3.05, 3.63) is 58.8 Å². The van der Waals surface area contributed by atoms with Gasteiger partial charge in [0.1, 0.15) is 0 Å². The number of amides is 1. The summed E-state index contributed by atoms with van der Waals surface area (Å²) < 4.78 is 19.7. The number of carbonyl (C=O) groups excluding carboxylic acids is 1. The average Bonchev–Trinajstić information content (AvgIpc) is 2.44. The van der Waals surface area contributed by atoms with Gasteiger partial charge in [0.2, 0.25) is 0 Å². The molecule has 3 nitrogen and oxygen atoms in total. The van der Waals surface area contributed by atoms with Gasteiger partial charge in [0.15, 0.2) is 17.7 Å². The van der Waals surface area contributed by atoms with Crippen LogP contribution in [0.2, 0.25) is 0 Å². The summed E-state index contributed by atoms with van der Waals surface area (Å²) in [6.07, 6.45) is -0.796. The van der Waals surface area contributed by atoms with Crippen LogP contribution in [0.5, 0.6) is 5.75 Å². The zero-order valence-electron chi connectivity index (χ0n) is 10.8. The van der Waals surface area contributed by atoms with Gasteiger partial charge in [0.05, 0.1) is 0 Å². The van der Waals surface area contributed by atoms with E-state index in [4.69, 9.17) is 4.74 Å². The molecule has 2 rings (SSSR count). The number of carbonyl (C=O) groups is 1. The van der Waals surface area contributed by atoms with Crippen molar-refractivity contribution in [1.29, 1.82) is 0 Å². The van der Waals surface area contributed by atoms with E-state index < -0.39 is 11.9 Å². The number of hydrogen-bond acceptors (Lipinski definition) is 2. The first-order valence-electron chi connectivity index (χ1n) is 6.04. The van der Waals surface area contributed by atoms with Crippen LogP contribution in [0, 0.1) is 5.82 Å². The van der Waals surface area contributed by atoms with Gasteiger partial charge in [-0.05, 0) is 43.3 Å². The van der Waals surface area contributed by atoms with E-state index in [0.717, 1.165) is 4.47 Å². The van der Waals surface area contributed by atoms with Crippen LogP contribution in [0.3, 0.4) is 0 Å². The normalized spacial score (nSPS) is 11.8. The molecule has 104 valence electrons. The fraction of sp³-hybridized carbons (Fsp3) is 0.133. The van der Waals surface area contributed by atoms with Gasteiger partial charge in [-0.3, -0.25) is 4.79 Å². The molecule has 0 heterocycles. The number of anilines is 1. The van der Waals surface area contributed by atoms with E-state index in [1.165, 1.54) is 12.1 Å². The van der Waals surface area contributed by atoms with Gasteiger partial charge in [0, 0.05) is 10.2 Å². The monoisotopic (exact) mass is 337 g/mol. The van der Waals surface area contributed by atoms with Crippen LogP contribution in [0.1, 0.15) is 6.92 Å². The second-order valence-electron chi connectivity index (χ2n) is 4.19. The minimum atomic E-state index is -0.796. The summed E-state index contributed by atoms with van der Waals surface area (Å²) in [5.74, 6) is -0.766. The maximum absolute atomic E-state index is 13.4. The molecule has 0 aliphatic carbocycles. The molecule has 0 bridgehead atoms. The van der Waals surface area contributed by atoms with E-state index in [1.54, 1.807) is 31.2 Å². The number of nitrogens with one attached hydrogen (secondary N) is 1. The van der Waals surface area contributed by atoms with Crippen LogP contribution >= 0.6 is 15.9 Å². The highest BCUT2D eigenvalue weighted by atomic mass is 79.9. The lowest BCUT2D eigenvalue weighted by atomic mass is 10.3. The quantitative estimate of drug-likeness (QED) is 0.915. The van der Waals surface area contributed by atoms with Crippen LogP contribution in [0.15, 0.2) is 53.0 Å². The molecule has 0 unspecified atom stereocenters.